The summed E-state index contributed by atoms with van der Waals surface area (Å²) in [6.45, 7) is 4.46. The number of benzene rings is 1. The van der Waals surface area contributed by atoms with E-state index in [1.807, 2.05) is 0 Å². The standard InChI is InChI=1S/C20H17F3N2O5/c1-9(26)29-13-7-18(2)14-15(19(13,3)30-18)17(28)25(16(14)27)11-5-4-10(8-24)12(6-11)20(21,22)23/h4-6,13,27-28H,7H2,1-3H3/t13-,18+,19-/m0/s1. The first-order valence-electron chi connectivity index (χ1n) is 9.00. The van der Waals surface area contributed by atoms with E-state index in [2.05, 4.69) is 0 Å². The number of nitriles is 1. The van der Waals surface area contributed by atoms with E-state index < -0.39 is 52.3 Å². The Labute approximate surface area is 168 Å². The molecule has 3 heterocycles. The summed E-state index contributed by atoms with van der Waals surface area (Å²) in [6, 6.07) is 4.34. The average Bonchev–Trinajstić information content (AvgIpc) is 3.14. The van der Waals surface area contributed by atoms with Crippen LogP contribution >= 0.6 is 0 Å². The molecule has 1 fully saturated rings. The minimum absolute atomic E-state index is 0.151. The van der Waals surface area contributed by atoms with Crippen LogP contribution in [0.15, 0.2) is 18.2 Å². The second-order valence-corrected chi connectivity index (χ2v) is 7.81. The fourth-order valence-electron chi connectivity index (χ4n) is 4.61. The molecule has 1 aromatic heterocycles. The number of rotatable bonds is 2. The smallest absolute Gasteiger partial charge is 0.417 e. The third-order valence-electron chi connectivity index (χ3n) is 5.77. The number of carbonyl (C=O) groups is 1. The third kappa shape index (κ3) is 2.51. The first kappa shape index (κ1) is 20.1. The molecule has 10 heteroatoms. The summed E-state index contributed by atoms with van der Waals surface area (Å²) in [6.07, 6.45) is -5.35. The molecule has 3 atom stereocenters. The molecule has 0 unspecified atom stereocenters. The summed E-state index contributed by atoms with van der Waals surface area (Å²) in [5, 5.41) is 30.7. The van der Waals surface area contributed by atoms with Crippen molar-refractivity contribution in [3.8, 4) is 23.5 Å². The SMILES string of the molecule is CC(=O)O[C@H]1C[C@@]2(C)O[C@]1(C)c1c2c(O)n(-c2ccc(C#N)c(C(F)(F)F)c2)c1O. The minimum atomic E-state index is -4.80. The Balaban J connectivity index is 1.92. The number of carbonyl (C=O) groups excluding carboxylic acids is 1. The van der Waals surface area contributed by atoms with Gasteiger partial charge in [-0.15, -0.1) is 0 Å². The minimum Gasteiger partial charge on any atom is -0.494 e. The molecule has 0 spiro atoms. The highest BCUT2D eigenvalue weighted by Gasteiger charge is 2.66. The number of fused-ring (bicyclic) bond motifs is 5. The maximum atomic E-state index is 13.4. The molecule has 158 valence electrons. The van der Waals surface area contributed by atoms with Crippen molar-refractivity contribution in [1.29, 1.82) is 5.26 Å². The van der Waals surface area contributed by atoms with E-state index in [1.54, 1.807) is 13.8 Å². The summed E-state index contributed by atoms with van der Waals surface area (Å²) < 4.78 is 52.3. The molecule has 0 amide bonds. The van der Waals surface area contributed by atoms with Crippen molar-refractivity contribution >= 4 is 5.97 Å². The quantitative estimate of drug-likeness (QED) is 0.717. The molecule has 0 saturated carbocycles. The Hall–Kier alpha value is -3.19. The van der Waals surface area contributed by atoms with E-state index in [-0.39, 0.29) is 23.2 Å². The van der Waals surface area contributed by atoms with Crippen LogP contribution in [0.3, 0.4) is 0 Å². The molecule has 0 radical (unpaired) electrons. The van der Waals surface area contributed by atoms with Gasteiger partial charge in [0, 0.05) is 13.3 Å². The van der Waals surface area contributed by atoms with Gasteiger partial charge in [-0.25, -0.2) is 0 Å². The molecule has 1 saturated heterocycles. The Morgan fingerprint density at radius 2 is 1.93 bits per heavy atom. The van der Waals surface area contributed by atoms with E-state index in [0.29, 0.717) is 6.07 Å². The molecule has 2 aliphatic rings. The fourth-order valence-corrected chi connectivity index (χ4v) is 4.61. The van der Waals surface area contributed by atoms with Crippen LogP contribution in [0.4, 0.5) is 13.2 Å². The molecule has 4 rings (SSSR count). The van der Waals surface area contributed by atoms with Gasteiger partial charge >= 0.3 is 12.1 Å². The lowest BCUT2D eigenvalue weighted by molar-refractivity contribution is -0.157. The molecule has 30 heavy (non-hydrogen) atoms. The van der Waals surface area contributed by atoms with Crippen LogP contribution in [0.1, 0.15) is 49.4 Å². The number of aromatic hydroxyl groups is 2. The fraction of sp³-hybridized carbons (Fsp3) is 0.400. The Kier molecular flexibility index (Phi) is 3.96. The van der Waals surface area contributed by atoms with Crippen molar-refractivity contribution < 1.29 is 37.7 Å². The summed E-state index contributed by atoms with van der Waals surface area (Å²) in [4.78, 5) is 11.5. The lowest BCUT2D eigenvalue weighted by Crippen LogP contribution is -2.36. The van der Waals surface area contributed by atoms with Crippen LogP contribution in [0.2, 0.25) is 0 Å². The summed E-state index contributed by atoms with van der Waals surface area (Å²) in [5.41, 5.74) is -3.98. The van der Waals surface area contributed by atoms with Crippen molar-refractivity contribution in [2.24, 2.45) is 0 Å². The number of hydrogen-bond acceptors (Lipinski definition) is 6. The topological polar surface area (TPSA) is 105 Å². The zero-order valence-corrected chi connectivity index (χ0v) is 16.2. The van der Waals surface area contributed by atoms with Crippen molar-refractivity contribution in [1.82, 2.24) is 4.57 Å². The van der Waals surface area contributed by atoms with Gasteiger partial charge in [0.2, 0.25) is 11.8 Å². The van der Waals surface area contributed by atoms with Crippen LogP contribution in [0, 0.1) is 11.3 Å². The average molecular weight is 422 g/mol. The van der Waals surface area contributed by atoms with E-state index in [9.17, 15) is 28.2 Å². The predicted molar refractivity (Wildman–Crippen MR) is 94.8 cm³/mol. The van der Waals surface area contributed by atoms with Gasteiger partial charge in [-0.05, 0) is 32.0 Å². The number of halogens is 3. The molecule has 2 aliphatic heterocycles. The van der Waals surface area contributed by atoms with Gasteiger partial charge in [-0.3, -0.25) is 9.36 Å². The number of nitrogens with zero attached hydrogens (tertiary/aromatic N) is 2. The zero-order chi connectivity index (χ0) is 22.2. The van der Waals surface area contributed by atoms with Crippen molar-refractivity contribution in [2.45, 2.75) is 50.7 Å². The molecule has 1 aromatic carbocycles. The highest BCUT2D eigenvalue weighted by Crippen LogP contribution is 2.65. The van der Waals surface area contributed by atoms with Crippen LogP contribution < -0.4 is 0 Å². The summed E-state index contributed by atoms with van der Waals surface area (Å²) in [5.74, 6) is -1.55. The number of hydrogen-bond donors (Lipinski definition) is 2. The molecule has 2 bridgehead atoms. The van der Waals surface area contributed by atoms with Gasteiger partial charge in [0.15, 0.2) is 0 Å². The number of ether oxygens (including phenoxy) is 2. The van der Waals surface area contributed by atoms with Crippen molar-refractivity contribution in [3.05, 3.63) is 40.5 Å². The molecule has 2 aromatic rings. The maximum absolute atomic E-state index is 13.4. The second kappa shape index (κ2) is 5.92. The molecular formula is C20H17F3N2O5. The highest BCUT2D eigenvalue weighted by molar-refractivity contribution is 5.68. The summed E-state index contributed by atoms with van der Waals surface area (Å²) >= 11 is 0. The zero-order valence-electron chi connectivity index (χ0n) is 16.2. The van der Waals surface area contributed by atoms with Gasteiger partial charge in [0.05, 0.1) is 34.0 Å². The molecular weight excluding hydrogens is 405 g/mol. The van der Waals surface area contributed by atoms with Crippen LogP contribution in [-0.2, 0) is 31.6 Å². The van der Waals surface area contributed by atoms with Crippen LogP contribution in [0.5, 0.6) is 11.8 Å². The first-order chi connectivity index (χ1) is 13.8. The Bertz CT molecular complexity index is 1130. The lowest BCUT2D eigenvalue weighted by atomic mass is 9.78. The monoisotopic (exact) mass is 422 g/mol. The van der Waals surface area contributed by atoms with E-state index in [0.717, 1.165) is 10.6 Å². The van der Waals surface area contributed by atoms with Crippen molar-refractivity contribution in [2.75, 3.05) is 0 Å². The highest BCUT2D eigenvalue weighted by atomic mass is 19.4. The van der Waals surface area contributed by atoms with Crippen LogP contribution in [-0.4, -0.2) is 26.9 Å². The van der Waals surface area contributed by atoms with E-state index in [4.69, 9.17) is 14.7 Å². The largest absolute Gasteiger partial charge is 0.494 e. The van der Waals surface area contributed by atoms with E-state index in [1.165, 1.54) is 19.1 Å². The molecule has 2 N–H and O–H groups in total. The van der Waals surface area contributed by atoms with Gasteiger partial charge < -0.3 is 19.7 Å². The maximum Gasteiger partial charge on any atom is 0.417 e. The molecule has 7 nitrogen and oxygen atoms in total. The normalized spacial score (nSPS) is 27.0. The van der Waals surface area contributed by atoms with E-state index >= 15 is 0 Å². The number of aromatic nitrogens is 1. The Morgan fingerprint density at radius 1 is 1.30 bits per heavy atom. The Morgan fingerprint density at radius 3 is 2.50 bits per heavy atom. The lowest BCUT2D eigenvalue weighted by Gasteiger charge is -2.28. The van der Waals surface area contributed by atoms with Gasteiger partial charge in [-0.1, -0.05) is 0 Å². The van der Waals surface area contributed by atoms with Crippen LogP contribution in [0.25, 0.3) is 5.69 Å². The molecule has 0 aliphatic carbocycles. The van der Waals surface area contributed by atoms with Gasteiger partial charge in [-0.2, -0.15) is 18.4 Å². The third-order valence-corrected chi connectivity index (χ3v) is 5.77. The summed E-state index contributed by atoms with van der Waals surface area (Å²) in [7, 11) is 0. The predicted octanol–water partition coefficient (Wildman–Crippen LogP) is 3.57. The van der Waals surface area contributed by atoms with Gasteiger partial charge in [0.1, 0.15) is 17.3 Å². The first-order valence-corrected chi connectivity index (χ1v) is 9.00. The van der Waals surface area contributed by atoms with Gasteiger partial charge in [0.25, 0.3) is 0 Å². The number of alkyl halides is 3. The number of esters is 1. The second-order valence-electron chi connectivity index (χ2n) is 7.81. The van der Waals surface area contributed by atoms with Crippen molar-refractivity contribution in [3.63, 3.8) is 0 Å².